The Morgan fingerprint density at radius 2 is 2.18 bits per heavy atom. The largest absolute Gasteiger partial charge is 0.478 e. The van der Waals surface area contributed by atoms with E-state index in [9.17, 15) is 4.79 Å². The first-order valence-electron chi connectivity index (χ1n) is 4.38. The quantitative estimate of drug-likeness (QED) is 0.930. The van der Waals surface area contributed by atoms with Crippen LogP contribution in [0.3, 0.4) is 0 Å². The molecule has 2 aromatic rings. The third-order valence-electron chi connectivity index (χ3n) is 1.82. The monoisotopic (exact) mass is 289 g/mol. The molecule has 7 heteroatoms. The van der Waals surface area contributed by atoms with E-state index in [2.05, 4.69) is 4.98 Å². The Morgan fingerprint density at radius 3 is 2.76 bits per heavy atom. The summed E-state index contributed by atoms with van der Waals surface area (Å²) in [6, 6.07) is 4.33. The molecular formula is C10H5Cl2NO3S. The van der Waals surface area contributed by atoms with Crippen LogP contribution in [0.4, 0.5) is 0 Å². The van der Waals surface area contributed by atoms with Crippen molar-refractivity contribution in [3.8, 4) is 10.9 Å². The van der Waals surface area contributed by atoms with E-state index in [1.54, 1.807) is 11.4 Å². The Bertz CT molecular complexity index is 570. The van der Waals surface area contributed by atoms with Gasteiger partial charge in [0.15, 0.2) is 0 Å². The van der Waals surface area contributed by atoms with Crippen LogP contribution in [0.5, 0.6) is 10.9 Å². The number of carboxylic acid groups (broad SMARTS) is 1. The number of ether oxygens (including phenoxy) is 1. The predicted octanol–water partition coefficient (Wildman–Crippen LogP) is 3.94. The van der Waals surface area contributed by atoms with Gasteiger partial charge < -0.3 is 9.84 Å². The summed E-state index contributed by atoms with van der Waals surface area (Å²) in [6.07, 6.45) is 0. The lowest BCUT2D eigenvalue weighted by molar-refractivity contribution is 0.0694. The lowest BCUT2D eigenvalue weighted by Gasteiger charge is -2.05. The Hall–Kier alpha value is -1.30. The van der Waals surface area contributed by atoms with E-state index in [-0.39, 0.29) is 16.5 Å². The van der Waals surface area contributed by atoms with Crippen LogP contribution in [-0.4, -0.2) is 16.1 Å². The number of carboxylic acids is 1. The smallest absolute Gasteiger partial charge is 0.339 e. The molecule has 0 bridgehead atoms. The molecule has 0 radical (unpaired) electrons. The summed E-state index contributed by atoms with van der Waals surface area (Å²) in [5.74, 6) is -0.946. The molecule has 0 aliphatic heterocycles. The minimum Gasteiger partial charge on any atom is -0.478 e. The van der Waals surface area contributed by atoms with Gasteiger partial charge in [0.2, 0.25) is 0 Å². The summed E-state index contributed by atoms with van der Waals surface area (Å²) in [5, 5.41) is 11.5. The molecule has 0 aliphatic rings. The summed E-state index contributed by atoms with van der Waals surface area (Å²) in [6.45, 7) is 0. The molecule has 17 heavy (non-hydrogen) atoms. The van der Waals surface area contributed by atoms with Gasteiger partial charge in [-0.2, -0.15) is 4.98 Å². The molecular weight excluding hydrogens is 285 g/mol. The van der Waals surface area contributed by atoms with Crippen LogP contribution >= 0.6 is 34.5 Å². The van der Waals surface area contributed by atoms with Crippen molar-refractivity contribution < 1.29 is 14.6 Å². The van der Waals surface area contributed by atoms with E-state index >= 15 is 0 Å². The molecule has 1 heterocycles. The Morgan fingerprint density at radius 1 is 1.41 bits per heavy atom. The molecule has 0 aliphatic carbocycles. The van der Waals surface area contributed by atoms with Crippen molar-refractivity contribution in [1.82, 2.24) is 4.98 Å². The first kappa shape index (κ1) is 12.2. The van der Waals surface area contributed by atoms with Crippen molar-refractivity contribution in [3.05, 3.63) is 39.3 Å². The Balaban J connectivity index is 2.35. The lowest BCUT2D eigenvalue weighted by atomic mass is 10.2. The zero-order valence-corrected chi connectivity index (χ0v) is 10.5. The van der Waals surface area contributed by atoms with Crippen molar-refractivity contribution in [1.29, 1.82) is 0 Å². The van der Waals surface area contributed by atoms with Gasteiger partial charge in [-0.25, -0.2) is 4.79 Å². The zero-order valence-electron chi connectivity index (χ0n) is 8.18. The highest BCUT2D eigenvalue weighted by Gasteiger charge is 2.14. The van der Waals surface area contributed by atoms with E-state index in [1.807, 2.05) is 0 Å². The van der Waals surface area contributed by atoms with E-state index < -0.39 is 5.97 Å². The fourth-order valence-corrected chi connectivity index (χ4v) is 2.11. The minimum atomic E-state index is -1.12. The highest BCUT2D eigenvalue weighted by atomic mass is 35.5. The van der Waals surface area contributed by atoms with Crippen molar-refractivity contribution in [2.75, 3.05) is 0 Å². The average molecular weight is 290 g/mol. The highest BCUT2D eigenvalue weighted by molar-refractivity contribution is 7.11. The first-order chi connectivity index (χ1) is 8.06. The van der Waals surface area contributed by atoms with Crippen LogP contribution in [0.15, 0.2) is 23.6 Å². The summed E-state index contributed by atoms with van der Waals surface area (Å²) < 4.78 is 5.33. The number of rotatable bonds is 3. The maximum Gasteiger partial charge on any atom is 0.339 e. The molecule has 0 saturated heterocycles. The Labute approximate surface area is 110 Å². The van der Waals surface area contributed by atoms with Crippen molar-refractivity contribution in [3.63, 3.8) is 0 Å². The second-order valence-electron chi connectivity index (χ2n) is 2.98. The van der Waals surface area contributed by atoms with E-state index in [4.69, 9.17) is 33.0 Å². The van der Waals surface area contributed by atoms with Crippen molar-refractivity contribution in [2.45, 2.75) is 0 Å². The summed E-state index contributed by atoms with van der Waals surface area (Å²) >= 11 is 12.5. The third-order valence-corrected chi connectivity index (χ3v) is 3.10. The molecule has 0 amide bonds. The molecule has 1 aromatic carbocycles. The fraction of sp³-hybridized carbons (Fsp3) is 0. The SMILES string of the molecule is O=C(O)c1cc(Cl)ccc1Oc1nc(Cl)cs1. The maximum atomic E-state index is 11.0. The molecule has 0 spiro atoms. The fourth-order valence-electron chi connectivity index (χ4n) is 1.14. The minimum absolute atomic E-state index is 0.0242. The topological polar surface area (TPSA) is 59.4 Å². The van der Waals surface area contributed by atoms with E-state index in [0.717, 1.165) is 0 Å². The van der Waals surface area contributed by atoms with Gasteiger partial charge in [-0.05, 0) is 18.2 Å². The molecule has 0 fully saturated rings. The summed E-state index contributed by atoms with van der Waals surface area (Å²) in [5.41, 5.74) is -0.0242. The molecule has 2 rings (SSSR count). The second-order valence-corrected chi connectivity index (χ2v) is 4.63. The number of benzene rings is 1. The molecule has 0 atom stereocenters. The zero-order chi connectivity index (χ0) is 12.4. The van der Waals surface area contributed by atoms with Crippen LogP contribution in [0.25, 0.3) is 0 Å². The third kappa shape index (κ3) is 2.88. The van der Waals surface area contributed by atoms with Crippen LogP contribution in [0, 0.1) is 0 Å². The van der Waals surface area contributed by atoms with Gasteiger partial charge in [0.1, 0.15) is 16.5 Å². The first-order valence-corrected chi connectivity index (χ1v) is 6.01. The number of thiazole rings is 1. The molecule has 1 aromatic heterocycles. The molecule has 88 valence electrons. The average Bonchev–Trinajstić information content (AvgIpc) is 2.66. The molecule has 0 unspecified atom stereocenters. The van der Waals surface area contributed by atoms with Gasteiger partial charge in [-0.1, -0.05) is 34.5 Å². The number of carbonyl (C=O) groups is 1. The summed E-state index contributed by atoms with van der Waals surface area (Å²) in [4.78, 5) is 14.9. The molecule has 1 N–H and O–H groups in total. The van der Waals surface area contributed by atoms with Crippen LogP contribution in [0.1, 0.15) is 10.4 Å². The molecule has 4 nitrogen and oxygen atoms in total. The number of aromatic carboxylic acids is 1. The van der Waals surface area contributed by atoms with Gasteiger partial charge in [-0.3, -0.25) is 0 Å². The highest BCUT2D eigenvalue weighted by Crippen LogP contribution is 2.30. The van der Waals surface area contributed by atoms with Crippen LogP contribution < -0.4 is 4.74 Å². The van der Waals surface area contributed by atoms with E-state index in [1.165, 1.54) is 23.5 Å². The number of hydrogen-bond donors (Lipinski definition) is 1. The molecule has 0 saturated carbocycles. The maximum absolute atomic E-state index is 11.0. The normalized spacial score (nSPS) is 10.2. The predicted molar refractivity (Wildman–Crippen MR) is 65.6 cm³/mol. The van der Waals surface area contributed by atoms with Crippen molar-refractivity contribution in [2.24, 2.45) is 0 Å². The number of nitrogens with zero attached hydrogens (tertiary/aromatic N) is 1. The van der Waals surface area contributed by atoms with Gasteiger partial charge in [0.05, 0.1) is 0 Å². The number of hydrogen-bond acceptors (Lipinski definition) is 4. The van der Waals surface area contributed by atoms with Crippen LogP contribution in [0.2, 0.25) is 10.2 Å². The summed E-state index contributed by atoms with van der Waals surface area (Å²) in [7, 11) is 0. The lowest BCUT2D eigenvalue weighted by Crippen LogP contribution is -1.99. The standard InChI is InChI=1S/C10H5Cl2NO3S/c11-5-1-2-7(6(3-5)9(14)15)16-10-13-8(12)4-17-10/h1-4H,(H,14,15). The van der Waals surface area contributed by atoms with Crippen molar-refractivity contribution >= 4 is 40.5 Å². The Kier molecular flexibility index (Phi) is 3.51. The van der Waals surface area contributed by atoms with Gasteiger partial charge in [0, 0.05) is 10.4 Å². The van der Waals surface area contributed by atoms with Gasteiger partial charge in [-0.15, -0.1) is 0 Å². The number of aromatic nitrogens is 1. The van der Waals surface area contributed by atoms with Gasteiger partial charge >= 0.3 is 5.97 Å². The second kappa shape index (κ2) is 4.91. The number of halogens is 2. The van der Waals surface area contributed by atoms with E-state index in [0.29, 0.717) is 10.2 Å². The van der Waals surface area contributed by atoms with Crippen LogP contribution in [-0.2, 0) is 0 Å². The van der Waals surface area contributed by atoms with Gasteiger partial charge in [0.25, 0.3) is 5.19 Å².